The number of Topliss-reactive ketones (excluding diaryl/α,β-unsaturated/α-hetero) is 1. The smallest absolute Gasteiger partial charge is 0.463 e. The number of ketones is 1. The molecule has 13 heteroatoms. The monoisotopic (exact) mass is 712 g/mol. The number of esters is 2. The second-order valence-electron chi connectivity index (χ2n) is 7.50. The number of hydrogen-bond acceptors (Lipinski definition) is 8. The Kier molecular flexibility index (Phi) is 20.6. The lowest BCUT2D eigenvalue weighted by Gasteiger charge is -2.03. The predicted molar refractivity (Wildman–Crippen MR) is 177 cm³/mol. The Morgan fingerprint density at radius 1 is 0.535 bits per heavy atom. The summed E-state index contributed by atoms with van der Waals surface area (Å²) in [5.41, 5.74) is 0.337. The number of benzene rings is 4. The molecule has 0 atom stereocenters. The number of ether oxygens (including phenoxy) is 2. The van der Waals surface area contributed by atoms with Crippen LogP contribution in [0.1, 0.15) is 10.4 Å². The van der Waals surface area contributed by atoms with Gasteiger partial charge < -0.3 is 9.47 Å². The summed E-state index contributed by atoms with van der Waals surface area (Å²) in [4.78, 5) is 46.8. The number of carbonyl (C=O) groups excluding carboxylic acids is 4. The van der Waals surface area contributed by atoms with Crippen molar-refractivity contribution in [3.8, 4) is 0 Å². The van der Waals surface area contributed by atoms with Crippen molar-refractivity contribution in [3.05, 3.63) is 121 Å². The van der Waals surface area contributed by atoms with Crippen LogP contribution < -0.4 is 0 Å². The van der Waals surface area contributed by atoms with Crippen LogP contribution in [0, 0.1) is 0 Å². The maximum Gasteiger partial charge on any atom is 0.643 e. The van der Waals surface area contributed by atoms with Crippen LogP contribution in [0.15, 0.2) is 135 Å². The van der Waals surface area contributed by atoms with Gasteiger partial charge in [-0.15, -0.1) is 0 Å². The van der Waals surface area contributed by atoms with Crippen LogP contribution in [0.25, 0.3) is 0 Å². The molecule has 0 bridgehead atoms. The predicted octanol–water partition coefficient (Wildman–Crippen LogP) is 8.64. The molecule has 4 aromatic rings. The van der Waals surface area contributed by atoms with Crippen molar-refractivity contribution in [2.45, 2.75) is 19.6 Å². The molecule has 0 saturated carbocycles. The van der Waals surface area contributed by atoms with Gasteiger partial charge in [0.25, 0.3) is 5.78 Å². The lowest BCUT2D eigenvalue weighted by atomic mass is 10.1. The number of carbonyl (C=O) groups is 4. The Bertz CT molecular complexity index is 1360. The lowest BCUT2D eigenvalue weighted by molar-refractivity contribution is -0.148. The van der Waals surface area contributed by atoms with E-state index in [4.69, 9.17) is 30.1 Å². The first kappa shape index (κ1) is 38.6. The number of halogens is 4. The summed E-state index contributed by atoms with van der Waals surface area (Å²) in [6, 6.07) is 37.6. The van der Waals surface area contributed by atoms with Crippen molar-refractivity contribution in [1.29, 1.82) is 0 Å². The second kappa shape index (κ2) is 23.0. The summed E-state index contributed by atoms with van der Waals surface area (Å²) in [7, 11) is 17.1. The maximum absolute atomic E-state index is 11.6. The average molecular weight is 714 g/mol. The van der Waals surface area contributed by atoms with Gasteiger partial charge in [-0.2, -0.15) is 0 Å². The molecule has 0 heterocycles. The van der Waals surface area contributed by atoms with Gasteiger partial charge in [0, 0.05) is 25.1 Å². The van der Waals surface area contributed by atoms with Crippen LogP contribution in [0.3, 0.4) is 0 Å². The summed E-state index contributed by atoms with van der Waals surface area (Å²) in [5, 5.41) is -1.09. The highest BCUT2D eigenvalue weighted by Gasteiger charge is 2.16. The minimum absolute atomic E-state index is 0.337. The molecule has 4 rings (SSSR count). The van der Waals surface area contributed by atoms with Gasteiger partial charge >= 0.3 is 28.6 Å². The molecule has 0 radical (unpaired) electrons. The van der Waals surface area contributed by atoms with Gasteiger partial charge in [0.15, 0.2) is 0 Å². The van der Waals surface area contributed by atoms with Crippen molar-refractivity contribution in [2.75, 3.05) is 14.2 Å². The molecule has 0 aliphatic rings. The van der Waals surface area contributed by atoms with Crippen molar-refractivity contribution in [2.24, 2.45) is 0 Å². The average Bonchev–Trinajstić information content (AvgIpc) is 3.02. The van der Waals surface area contributed by atoms with Gasteiger partial charge in [-0.3, -0.25) is 9.59 Å². The van der Waals surface area contributed by atoms with E-state index in [1.54, 1.807) is 35.7 Å². The van der Waals surface area contributed by atoms with Gasteiger partial charge in [-0.1, -0.05) is 78.1 Å². The van der Waals surface area contributed by atoms with Crippen LogP contribution in [0.2, 0.25) is 0 Å². The fraction of sp³-hybridized carbons (Fsp3) is 0.0667. The molecule has 224 valence electrons. The molecule has 0 aliphatic heterocycles. The molecule has 0 unspecified atom stereocenters. The number of methoxy groups -OCH3 is 2. The first-order chi connectivity index (χ1) is 20.6. The quantitative estimate of drug-likeness (QED) is 0.0619. The molecule has 0 amide bonds. The summed E-state index contributed by atoms with van der Waals surface area (Å²) in [6.07, 6.45) is 0. The van der Waals surface area contributed by atoms with Gasteiger partial charge in [-0.25, -0.2) is 39.7 Å². The fourth-order valence-electron chi connectivity index (χ4n) is 2.70. The van der Waals surface area contributed by atoms with Gasteiger partial charge in [0.2, 0.25) is 0 Å². The van der Waals surface area contributed by atoms with Crippen molar-refractivity contribution in [1.82, 2.24) is 0 Å². The highest BCUT2D eigenvalue weighted by atomic mass is 35.8. The third-order valence-electron chi connectivity index (χ3n) is 4.53. The Labute approximate surface area is 281 Å². The molecule has 0 aliphatic carbocycles. The van der Waals surface area contributed by atoms with E-state index in [2.05, 4.69) is 69.6 Å². The Hall–Kier alpha value is -2.45. The molecule has 0 aromatic heterocycles. The molecular formula is C30H25AlCl4O6S2. The zero-order valence-electron chi connectivity index (χ0n) is 22.8. The van der Waals surface area contributed by atoms with E-state index in [1.807, 2.05) is 54.6 Å². The highest BCUT2D eigenvalue weighted by molar-refractivity contribution is 7.99. The second-order valence-corrected chi connectivity index (χ2v) is 16.6. The molecule has 4 aromatic carbocycles. The topological polar surface area (TPSA) is 86.7 Å². The van der Waals surface area contributed by atoms with E-state index in [-0.39, 0.29) is 0 Å². The van der Waals surface area contributed by atoms with Crippen molar-refractivity contribution in [3.63, 3.8) is 0 Å². The number of hydrogen-bond donors (Lipinski definition) is 0. The van der Waals surface area contributed by atoms with E-state index < -0.39 is 34.3 Å². The van der Waals surface area contributed by atoms with Crippen LogP contribution >= 0.6 is 65.3 Å². The summed E-state index contributed by atoms with van der Waals surface area (Å²) < 4.78 is 8.29. The molecular weight excluding hydrogens is 689 g/mol. The minimum Gasteiger partial charge on any atom is -0.463 e. The van der Waals surface area contributed by atoms with Crippen molar-refractivity contribution < 1.29 is 28.7 Å². The lowest BCUT2D eigenvalue weighted by Crippen LogP contribution is -2.15. The third-order valence-corrected chi connectivity index (χ3v) is 6.72. The van der Waals surface area contributed by atoms with Crippen LogP contribution in [-0.4, -0.2) is 48.6 Å². The highest BCUT2D eigenvalue weighted by Crippen LogP contribution is 2.28. The standard InChI is InChI=1S/C15H12O3S.C12H10S.C3H3ClO3.Al.3ClH/c1-18-15(17)14(16)11-7-9-13(10-8-11)19-12-5-3-2-4-6-12;1-3-7-11(8-4-1)13-12-9-5-2-6-10-12;1-7-3(6)2(4)5;;;;/h2-10H,1H3;1-10H;1H3;;3*1H/q;;;+3;;;/p-3. The molecule has 0 N–H and O–H groups in total. The van der Waals surface area contributed by atoms with Crippen LogP contribution in [0.5, 0.6) is 0 Å². The van der Waals surface area contributed by atoms with Gasteiger partial charge in [0.05, 0.1) is 14.2 Å². The number of rotatable bonds is 7. The SMILES string of the molecule is COC(=O)C(=O)Cl.COC(=O)C(=O)c1ccc(Sc2ccccc2)cc1.[Cl][Al]([Cl])[Cl].c1ccc(Sc2ccccc2)cc1. The molecule has 0 saturated heterocycles. The summed E-state index contributed by atoms with van der Waals surface area (Å²) in [5.74, 6) is -2.50. The van der Waals surface area contributed by atoms with E-state index in [1.165, 1.54) is 16.9 Å². The van der Waals surface area contributed by atoms with Crippen LogP contribution in [0.4, 0.5) is 0 Å². The maximum atomic E-state index is 11.6. The third kappa shape index (κ3) is 18.1. The van der Waals surface area contributed by atoms with Gasteiger partial charge in [0.1, 0.15) is 0 Å². The molecule has 0 fully saturated rings. The zero-order chi connectivity index (χ0) is 32.0. The fourth-order valence-corrected chi connectivity index (χ4v) is 4.48. The van der Waals surface area contributed by atoms with E-state index in [0.717, 1.165) is 16.9 Å². The van der Waals surface area contributed by atoms with Crippen LogP contribution in [-0.2, 0) is 23.9 Å². The molecule has 0 spiro atoms. The minimum atomic E-state index is -1.72. The van der Waals surface area contributed by atoms with Crippen molar-refractivity contribution >= 4 is 99.6 Å². The molecule has 6 nitrogen and oxygen atoms in total. The summed E-state index contributed by atoms with van der Waals surface area (Å²) in [6.45, 7) is 0. The Morgan fingerprint density at radius 2 is 0.837 bits per heavy atom. The zero-order valence-corrected chi connectivity index (χ0v) is 28.6. The summed E-state index contributed by atoms with van der Waals surface area (Å²) >= 11 is 6.27. The largest absolute Gasteiger partial charge is 0.643 e. The van der Waals surface area contributed by atoms with E-state index >= 15 is 0 Å². The van der Waals surface area contributed by atoms with E-state index in [9.17, 15) is 19.2 Å². The Morgan fingerprint density at radius 3 is 1.09 bits per heavy atom. The van der Waals surface area contributed by atoms with Gasteiger partial charge in [-0.05, 0) is 72.3 Å². The van der Waals surface area contributed by atoms with E-state index in [0.29, 0.717) is 5.56 Å². The normalized spacial score (nSPS) is 9.26. The first-order valence-corrected chi connectivity index (χ1v) is 19.3. The molecule has 43 heavy (non-hydrogen) atoms. The Balaban J connectivity index is 0.000000332. The first-order valence-electron chi connectivity index (χ1n) is 12.0.